The molecule has 0 aliphatic heterocycles. The molecule has 168 valence electrons. The number of anilines is 1. The summed E-state index contributed by atoms with van der Waals surface area (Å²) in [4.78, 5) is 12.6. The third-order valence-electron chi connectivity index (χ3n) is 6.06. The lowest BCUT2D eigenvalue weighted by Crippen LogP contribution is -2.18. The molecule has 1 aromatic heterocycles. The zero-order valence-corrected chi connectivity index (χ0v) is 19.5. The minimum absolute atomic E-state index is 0.0987. The van der Waals surface area contributed by atoms with Gasteiger partial charge in [-0.1, -0.05) is 74.5 Å². The van der Waals surface area contributed by atoms with E-state index in [1.54, 1.807) is 12.1 Å². The van der Waals surface area contributed by atoms with Crippen molar-refractivity contribution in [2.75, 3.05) is 5.32 Å². The first kappa shape index (κ1) is 22.4. The minimum Gasteiger partial charge on any atom is -0.486 e. The summed E-state index contributed by atoms with van der Waals surface area (Å²) in [6.45, 7) is 8.61. The van der Waals surface area contributed by atoms with Gasteiger partial charge in [-0.2, -0.15) is 0 Å². The Morgan fingerprint density at radius 1 is 0.818 bits per heavy atom. The van der Waals surface area contributed by atoms with Gasteiger partial charge < -0.3 is 14.5 Å². The van der Waals surface area contributed by atoms with Crippen molar-refractivity contribution in [3.05, 3.63) is 119 Å². The molecule has 33 heavy (non-hydrogen) atoms. The molecule has 0 saturated carbocycles. The molecule has 0 unspecified atom stereocenters. The fraction of sp³-hybridized carbons (Fsp3) is 0.207. The van der Waals surface area contributed by atoms with Gasteiger partial charge >= 0.3 is 0 Å². The van der Waals surface area contributed by atoms with E-state index in [2.05, 4.69) is 55.6 Å². The number of amides is 1. The van der Waals surface area contributed by atoms with Gasteiger partial charge in [-0.3, -0.25) is 4.79 Å². The second-order valence-corrected chi connectivity index (χ2v) is 8.79. The number of para-hydroxylation sites is 1. The van der Waals surface area contributed by atoms with Crippen molar-refractivity contribution in [1.29, 1.82) is 0 Å². The molecule has 0 aliphatic carbocycles. The van der Waals surface area contributed by atoms with Crippen molar-refractivity contribution in [3.63, 3.8) is 0 Å². The van der Waals surface area contributed by atoms with Gasteiger partial charge in [0.2, 0.25) is 0 Å². The molecule has 0 atom stereocenters. The van der Waals surface area contributed by atoms with Crippen LogP contribution in [0.3, 0.4) is 0 Å². The first-order valence-corrected chi connectivity index (χ1v) is 11.1. The Morgan fingerprint density at radius 2 is 1.45 bits per heavy atom. The summed E-state index contributed by atoms with van der Waals surface area (Å²) in [6.07, 6.45) is 0. The first-order valence-electron chi connectivity index (χ1n) is 11.1. The Hall–Kier alpha value is -3.79. The number of aryl methyl sites for hydroxylation is 2. The van der Waals surface area contributed by atoms with Crippen molar-refractivity contribution in [3.8, 4) is 5.75 Å². The number of benzene rings is 3. The predicted molar refractivity (Wildman–Crippen MR) is 132 cm³/mol. The van der Waals surface area contributed by atoms with E-state index >= 15 is 0 Å². The molecule has 0 radical (unpaired) electrons. The van der Waals surface area contributed by atoms with Crippen molar-refractivity contribution in [1.82, 2.24) is 0 Å². The average Bonchev–Trinajstić information content (AvgIpc) is 3.30. The largest absolute Gasteiger partial charge is 0.486 e. The number of rotatable bonds is 7. The Labute approximate surface area is 195 Å². The summed E-state index contributed by atoms with van der Waals surface area (Å²) < 4.78 is 11.6. The number of hydrogen-bond donors (Lipinski definition) is 1. The van der Waals surface area contributed by atoms with Crippen LogP contribution >= 0.6 is 0 Å². The second kappa shape index (κ2) is 9.37. The lowest BCUT2D eigenvalue weighted by molar-refractivity contribution is 0.0992. The number of carbonyl (C=O) groups excluding carboxylic acids is 1. The van der Waals surface area contributed by atoms with E-state index in [-0.39, 0.29) is 23.7 Å². The Morgan fingerprint density at radius 3 is 2.12 bits per heavy atom. The predicted octanol–water partition coefficient (Wildman–Crippen LogP) is 7.05. The quantitative estimate of drug-likeness (QED) is 0.335. The molecule has 0 aliphatic rings. The molecule has 4 heteroatoms. The van der Waals surface area contributed by atoms with Gasteiger partial charge in [0.15, 0.2) is 5.76 Å². The smallest absolute Gasteiger partial charge is 0.291 e. The normalized spacial score (nSPS) is 11.3. The van der Waals surface area contributed by atoms with E-state index in [4.69, 9.17) is 9.15 Å². The van der Waals surface area contributed by atoms with Gasteiger partial charge in [-0.15, -0.1) is 0 Å². The van der Waals surface area contributed by atoms with E-state index in [1.807, 2.05) is 50.2 Å². The van der Waals surface area contributed by atoms with Crippen LogP contribution in [-0.4, -0.2) is 5.91 Å². The number of carbonyl (C=O) groups is 1. The summed E-state index contributed by atoms with van der Waals surface area (Å²) in [5.41, 5.74) is 5.22. The molecule has 0 bridgehead atoms. The number of nitrogens with one attached hydrogen (secondary N) is 1. The maximum Gasteiger partial charge on any atom is 0.291 e. The molecule has 0 fully saturated rings. The Kier molecular flexibility index (Phi) is 6.36. The molecule has 1 N–H and O–H groups in total. The van der Waals surface area contributed by atoms with E-state index in [0.717, 1.165) is 22.6 Å². The van der Waals surface area contributed by atoms with Gasteiger partial charge in [-0.25, -0.2) is 0 Å². The Balaban J connectivity index is 1.38. The van der Waals surface area contributed by atoms with Gasteiger partial charge in [0.25, 0.3) is 5.91 Å². The van der Waals surface area contributed by atoms with Gasteiger partial charge in [0.1, 0.15) is 18.1 Å². The van der Waals surface area contributed by atoms with Gasteiger partial charge in [0, 0.05) is 11.1 Å². The lowest BCUT2D eigenvalue weighted by Gasteiger charge is -2.26. The third kappa shape index (κ3) is 5.01. The summed E-state index contributed by atoms with van der Waals surface area (Å²) in [6, 6.07) is 27.9. The highest BCUT2D eigenvalue weighted by Gasteiger charge is 2.22. The number of ether oxygens (including phenoxy) is 1. The number of furan rings is 1. The van der Waals surface area contributed by atoms with Crippen LogP contribution < -0.4 is 10.1 Å². The molecule has 1 amide bonds. The van der Waals surface area contributed by atoms with Crippen LogP contribution in [0.15, 0.2) is 89.3 Å². The zero-order valence-electron chi connectivity index (χ0n) is 19.5. The molecule has 4 rings (SSSR count). The van der Waals surface area contributed by atoms with Crippen LogP contribution in [-0.2, 0) is 12.0 Å². The van der Waals surface area contributed by atoms with Crippen LogP contribution in [0, 0.1) is 13.8 Å². The molecule has 3 aromatic carbocycles. The van der Waals surface area contributed by atoms with Crippen LogP contribution in [0.25, 0.3) is 0 Å². The minimum atomic E-state index is -0.272. The van der Waals surface area contributed by atoms with Crippen LogP contribution in [0.4, 0.5) is 5.69 Å². The van der Waals surface area contributed by atoms with Crippen LogP contribution in [0.2, 0.25) is 0 Å². The topological polar surface area (TPSA) is 51.5 Å². The van der Waals surface area contributed by atoms with E-state index in [0.29, 0.717) is 5.76 Å². The molecule has 0 saturated heterocycles. The van der Waals surface area contributed by atoms with E-state index in [9.17, 15) is 4.79 Å². The highest BCUT2D eigenvalue weighted by molar-refractivity contribution is 6.03. The molecule has 4 aromatic rings. The lowest BCUT2D eigenvalue weighted by atomic mass is 9.78. The van der Waals surface area contributed by atoms with E-state index < -0.39 is 0 Å². The summed E-state index contributed by atoms with van der Waals surface area (Å²) in [5, 5.41) is 2.94. The van der Waals surface area contributed by atoms with Crippen molar-refractivity contribution in [2.45, 2.75) is 39.7 Å². The molecule has 4 nitrogen and oxygen atoms in total. The number of hydrogen-bond acceptors (Lipinski definition) is 3. The highest BCUT2D eigenvalue weighted by atomic mass is 16.5. The fourth-order valence-electron chi connectivity index (χ4n) is 3.91. The fourth-order valence-corrected chi connectivity index (χ4v) is 3.91. The van der Waals surface area contributed by atoms with Gasteiger partial charge in [0.05, 0.1) is 0 Å². The monoisotopic (exact) mass is 439 g/mol. The van der Waals surface area contributed by atoms with Crippen molar-refractivity contribution >= 4 is 11.6 Å². The summed E-state index contributed by atoms with van der Waals surface area (Å²) in [7, 11) is 0. The molecular formula is C29H29NO3. The van der Waals surface area contributed by atoms with Crippen LogP contribution in [0.1, 0.15) is 52.4 Å². The second-order valence-electron chi connectivity index (χ2n) is 8.79. The summed E-state index contributed by atoms with van der Waals surface area (Å²) >= 11 is 0. The van der Waals surface area contributed by atoms with Crippen molar-refractivity contribution in [2.24, 2.45) is 0 Å². The molecule has 1 heterocycles. The maximum absolute atomic E-state index is 12.6. The molecule has 0 spiro atoms. The maximum atomic E-state index is 12.6. The van der Waals surface area contributed by atoms with E-state index in [1.165, 1.54) is 11.1 Å². The third-order valence-corrected chi connectivity index (χ3v) is 6.06. The Bertz CT molecular complexity index is 1220. The van der Waals surface area contributed by atoms with Gasteiger partial charge in [-0.05, 0) is 60.4 Å². The van der Waals surface area contributed by atoms with Crippen molar-refractivity contribution < 1.29 is 13.9 Å². The highest BCUT2D eigenvalue weighted by Crippen LogP contribution is 2.32. The van der Waals surface area contributed by atoms with Crippen LogP contribution in [0.5, 0.6) is 5.75 Å². The molecular weight excluding hydrogens is 410 g/mol. The summed E-state index contributed by atoms with van der Waals surface area (Å²) in [5.74, 6) is 1.33. The average molecular weight is 440 g/mol. The first-order chi connectivity index (χ1) is 15.8. The SMILES string of the molecule is Cc1cccc(C)c1NC(=O)c1ccc(COc2ccc(C(C)(C)c3ccccc3)cc2)o1. The zero-order chi connectivity index (χ0) is 23.4. The standard InChI is InChI=1S/C29H29NO3/c1-20-9-8-10-21(2)27(20)30-28(31)26-18-17-25(33-26)19-32-24-15-13-23(14-16-24)29(3,4)22-11-6-5-7-12-22/h5-18H,19H2,1-4H3,(H,30,31).